The first-order chi connectivity index (χ1) is 16.1. The molecule has 1 aliphatic rings. The van der Waals surface area contributed by atoms with Gasteiger partial charge in [-0.1, -0.05) is 78.8 Å². The lowest BCUT2D eigenvalue weighted by Gasteiger charge is -2.10. The van der Waals surface area contributed by atoms with Crippen LogP contribution in [-0.4, -0.2) is 24.9 Å². The fourth-order valence-electron chi connectivity index (χ4n) is 3.48. The summed E-state index contributed by atoms with van der Waals surface area (Å²) in [6.45, 7) is 4.66. The van der Waals surface area contributed by atoms with Crippen LogP contribution in [0.3, 0.4) is 0 Å². The highest BCUT2D eigenvalue weighted by Crippen LogP contribution is 2.39. The van der Waals surface area contributed by atoms with E-state index in [1.807, 2.05) is 30.3 Å². The van der Waals surface area contributed by atoms with E-state index in [0.29, 0.717) is 46.8 Å². The van der Waals surface area contributed by atoms with Gasteiger partial charge in [0.1, 0.15) is 12.4 Å². The van der Waals surface area contributed by atoms with Crippen LogP contribution in [0.2, 0.25) is 5.02 Å². The van der Waals surface area contributed by atoms with Gasteiger partial charge in [0.25, 0.3) is 0 Å². The first-order valence-electron chi connectivity index (χ1n) is 11.0. The molecule has 1 aliphatic carbocycles. The zero-order valence-electron chi connectivity index (χ0n) is 18.4. The van der Waals surface area contributed by atoms with Crippen molar-refractivity contribution in [2.24, 2.45) is 0 Å². The van der Waals surface area contributed by atoms with Crippen LogP contribution in [-0.2, 0) is 12.4 Å². The molecule has 5 rings (SSSR count). The van der Waals surface area contributed by atoms with E-state index in [9.17, 15) is 0 Å². The van der Waals surface area contributed by atoms with Crippen molar-refractivity contribution < 1.29 is 9.26 Å². The molecule has 0 bridgehead atoms. The lowest BCUT2D eigenvalue weighted by molar-refractivity contribution is 0.288. The molecular weight excluding hydrogens is 458 g/mol. The highest BCUT2D eigenvalue weighted by Gasteiger charge is 2.30. The minimum Gasteiger partial charge on any atom is -0.484 e. The number of para-hydroxylation sites is 1. The Labute approximate surface area is 201 Å². The van der Waals surface area contributed by atoms with Crippen molar-refractivity contribution in [1.29, 1.82) is 0 Å². The number of ether oxygens (including phenoxy) is 1. The fourth-order valence-corrected chi connectivity index (χ4v) is 4.53. The second kappa shape index (κ2) is 9.57. The molecule has 2 heterocycles. The Balaban J connectivity index is 1.25. The fraction of sp³-hybridized carbons (Fsp3) is 0.333. The molecule has 4 aromatic rings. The van der Waals surface area contributed by atoms with Crippen LogP contribution in [0.15, 0.2) is 58.2 Å². The van der Waals surface area contributed by atoms with E-state index in [4.69, 9.17) is 20.9 Å². The minimum atomic E-state index is 0.310. The lowest BCUT2D eigenvalue weighted by Crippen LogP contribution is -2.07. The molecular formula is C24H24ClN5O2S. The average molecular weight is 482 g/mol. The predicted octanol–water partition coefficient (Wildman–Crippen LogP) is 6.31. The van der Waals surface area contributed by atoms with Crippen molar-refractivity contribution in [2.45, 2.75) is 56.2 Å². The van der Waals surface area contributed by atoms with E-state index in [0.717, 1.165) is 29.4 Å². The number of nitrogens with zero attached hydrogens (tertiary/aromatic N) is 5. The lowest BCUT2D eigenvalue weighted by atomic mass is 10.0. The van der Waals surface area contributed by atoms with Gasteiger partial charge in [0, 0.05) is 11.6 Å². The molecule has 0 aliphatic heterocycles. The summed E-state index contributed by atoms with van der Waals surface area (Å²) in [6.07, 6.45) is 2.23. The molecule has 0 N–H and O–H groups in total. The first kappa shape index (κ1) is 22.0. The number of halogens is 1. The molecule has 0 spiro atoms. The van der Waals surface area contributed by atoms with Gasteiger partial charge in [0.15, 0.2) is 11.0 Å². The number of thioether (sulfide) groups is 1. The van der Waals surface area contributed by atoms with Crippen molar-refractivity contribution in [3.63, 3.8) is 0 Å². The summed E-state index contributed by atoms with van der Waals surface area (Å²) in [5.41, 5.74) is 2.23. The molecule has 33 heavy (non-hydrogen) atoms. The van der Waals surface area contributed by atoms with Gasteiger partial charge >= 0.3 is 0 Å². The summed E-state index contributed by atoms with van der Waals surface area (Å²) in [4.78, 5) is 4.56. The van der Waals surface area contributed by atoms with E-state index in [1.165, 1.54) is 5.56 Å². The van der Waals surface area contributed by atoms with Crippen LogP contribution in [0.25, 0.3) is 11.4 Å². The van der Waals surface area contributed by atoms with Gasteiger partial charge in [-0.25, -0.2) is 0 Å². The second-order valence-electron chi connectivity index (χ2n) is 8.30. The standard InChI is InChI=1S/C24H24ClN5O2S/c1-15(2)16-7-9-17(10-8-16)23-26-22(32-29-23)14-33-24-28-27-21(30(24)18-11-12-18)13-31-20-6-4-3-5-19(20)25/h3-10,15,18H,11-14H2,1-2H3. The Morgan fingerprint density at radius 2 is 1.91 bits per heavy atom. The quantitative estimate of drug-likeness (QED) is 0.259. The van der Waals surface area contributed by atoms with Gasteiger partial charge in [0.2, 0.25) is 11.7 Å². The number of benzene rings is 2. The number of rotatable bonds is 9. The molecule has 0 radical (unpaired) electrons. The normalized spacial score (nSPS) is 13.6. The second-order valence-corrected chi connectivity index (χ2v) is 9.65. The average Bonchev–Trinajstić information content (AvgIpc) is 3.40. The van der Waals surface area contributed by atoms with Gasteiger partial charge in [-0.2, -0.15) is 4.98 Å². The Morgan fingerprint density at radius 1 is 1.12 bits per heavy atom. The molecule has 1 saturated carbocycles. The summed E-state index contributed by atoms with van der Waals surface area (Å²) in [7, 11) is 0. The first-order valence-corrected chi connectivity index (χ1v) is 12.3. The summed E-state index contributed by atoms with van der Waals surface area (Å²) >= 11 is 7.74. The van der Waals surface area contributed by atoms with E-state index < -0.39 is 0 Å². The molecule has 2 aromatic heterocycles. The SMILES string of the molecule is CC(C)c1ccc(-c2noc(CSc3nnc(COc4ccccc4Cl)n3C3CC3)n2)cc1. The zero-order valence-corrected chi connectivity index (χ0v) is 20.0. The van der Waals surface area contributed by atoms with Crippen molar-refractivity contribution in [2.75, 3.05) is 0 Å². The molecule has 0 saturated heterocycles. The highest BCUT2D eigenvalue weighted by molar-refractivity contribution is 7.98. The topological polar surface area (TPSA) is 78.9 Å². The Morgan fingerprint density at radius 3 is 2.64 bits per heavy atom. The van der Waals surface area contributed by atoms with Crippen LogP contribution in [0.5, 0.6) is 5.75 Å². The molecule has 9 heteroatoms. The van der Waals surface area contributed by atoms with E-state index in [1.54, 1.807) is 17.8 Å². The van der Waals surface area contributed by atoms with E-state index in [-0.39, 0.29) is 0 Å². The smallest absolute Gasteiger partial charge is 0.237 e. The van der Waals surface area contributed by atoms with Crippen molar-refractivity contribution >= 4 is 23.4 Å². The van der Waals surface area contributed by atoms with Crippen LogP contribution in [0.4, 0.5) is 0 Å². The maximum absolute atomic E-state index is 6.20. The summed E-state index contributed by atoms with van der Waals surface area (Å²) < 4.78 is 13.5. The maximum atomic E-state index is 6.20. The maximum Gasteiger partial charge on any atom is 0.237 e. The monoisotopic (exact) mass is 481 g/mol. The minimum absolute atomic E-state index is 0.310. The van der Waals surface area contributed by atoms with Gasteiger partial charge in [-0.15, -0.1) is 10.2 Å². The largest absolute Gasteiger partial charge is 0.484 e. The third-order valence-corrected chi connectivity index (χ3v) is 6.71. The molecule has 1 fully saturated rings. The predicted molar refractivity (Wildman–Crippen MR) is 127 cm³/mol. The van der Waals surface area contributed by atoms with Crippen molar-refractivity contribution in [1.82, 2.24) is 24.9 Å². The Hall–Kier alpha value is -2.84. The van der Waals surface area contributed by atoms with Gasteiger partial charge in [-0.05, 0) is 36.5 Å². The molecule has 0 atom stereocenters. The highest BCUT2D eigenvalue weighted by atomic mass is 35.5. The van der Waals surface area contributed by atoms with Crippen molar-refractivity contribution in [3.05, 3.63) is 70.8 Å². The summed E-state index contributed by atoms with van der Waals surface area (Å²) in [5, 5.41) is 14.3. The number of aromatic nitrogens is 5. The van der Waals surface area contributed by atoms with E-state index >= 15 is 0 Å². The Kier molecular flexibility index (Phi) is 6.37. The van der Waals surface area contributed by atoms with Gasteiger partial charge < -0.3 is 9.26 Å². The summed E-state index contributed by atoms with van der Waals surface area (Å²) in [5.74, 6) is 3.59. The number of hydrogen-bond acceptors (Lipinski definition) is 7. The summed E-state index contributed by atoms with van der Waals surface area (Å²) in [6, 6.07) is 16.1. The van der Waals surface area contributed by atoms with Crippen LogP contribution in [0.1, 0.15) is 55.9 Å². The molecule has 0 amide bonds. The van der Waals surface area contributed by atoms with Crippen LogP contribution < -0.4 is 4.74 Å². The molecule has 170 valence electrons. The molecule has 0 unspecified atom stereocenters. The molecule has 7 nitrogen and oxygen atoms in total. The van der Waals surface area contributed by atoms with Crippen molar-refractivity contribution in [3.8, 4) is 17.1 Å². The van der Waals surface area contributed by atoms with E-state index in [2.05, 4.69) is 50.9 Å². The van der Waals surface area contributed by atoms with Gasteiger partial charge in [0.05, 0.1) is 10.8 Å². The van der Waals surface area contributed by atoms with Gasteiger partial charge in [-0.3, -0.25) is 4.57 Å². The number of hydrogen-bond donors (Lipinski definition) is 0. The third kappa shape index (κ3) is 5.07. The zero-order chi connectivity index (χ0) is 22.8. The molecule has 2 aromatic carbocycles. The third-order valence-electron chi connectivity index (χ3n) is 5.47. The van der Waals surface area contributed by atoms with Crippen LogP contribution in [0, 0.1) is 0 Å². The van der Waals surface area contributed by atoms with Crippen LogP contribution >= 0.6 is 23.4 Å². The Bertz CT molecular complexity index is 1230.